The third-order valence-corrected chi connectivity index (χ3v) is 20.4. The first-order valence-electron chi connectivity index (χ1n) is 42.3. The number of carbonyl (C=O) groups excluding carboxylic acids is 2. The van der Waals surface area contributed by atoms with Gasteiger partial charge in [0.1, 0.15) is 0 Å². The maximum absolute atomic E-state index is 12.6. The minimum absolute atomic E-state index is 0.0235. The Morgan fingerprint density at radius 1 is 0.267 bits per heavy atom. The standard InChI is InChI=1S/C84H167NO5/c1-3-5-7-9-11-13-15-17-19-21-23-41-44-48-52-56-60-64-68-72-76-82(87)81(80-86)85-83(88)77-73-69-65-61-57-53-49-45-42-39-37-35-33-31-29-27-25-24-26-28-30-32-34-36-38-40-43-47-51-55-59-63-67-71-75-79-90-84(89)78-74-70-66-62-58-54-50-46-22-20-18-16-14-12-10-8-6-4-2/h81-82,86-87H,3-80H2,1-2H3,(H,85,88). The second-order valence-electron chi connectivity index (χ2n) is 29.5. The average Bonchev–Trinajstić information content (AvgIpc) is 3.68. The number of esters is 1. The number of rotatable bonds is 81. The maximum Gasteiger partial charge on any atom is 0.305 e. The Labute approximate surface area is 566 Å². The van der Waals surface area contributed by atoms with Gasteiger partial charge in [0, 0.05) is 12.8 Å². The summed E-state index contributed by atoms with van der Waals surface area (Å²) in [7, 11) is 0. The zero-order chi connectivity index (χ0) is 64.9. The van der Waals surface area contributed by atoms with Crippen molar-refractivity contribution in [3.63, 3.8) is 0 Å². The van der Waals surface area contributed by atoms with Gasteiger partial charge in [0.15, 0.2) is 0 Å². The summed E-state index contributed by atoms with van der Waals surface area (Å²) in [4.78, 5) is 24.7. The van der Waals surface area contributed by atoms with E-state index in [0.29, 0.717) is 25.9 Å². The zero-order valence-electron chi connectivity index (χ0n) is 61.9. The molecule has 6 nitrogen and oxygen atoms in total. The molecule has 538 valence electrons. The Morgan fingerprint density at radius 3 is 0.678 bits per heavy atom. The van der Waals surface area contributed by atoms with Crippen LogP contribution < -0.4 is 5.32 Å². The van der Waals surface area contributed by atoms with Crippen LogP contribution in [0.15, 0.2) is 0 Å². The fraction of sp³-hybridized carbons (Fsp3) is 0.976. The number of carbonyl (C=O) groups is 2. The third kappa shape index (κ3) is 75.9. The molecule has 3 N–H and O–H groups in total. The van der Waals surface area contributed by atoms with Gasteiger partial charge in [0.2, 0.25) is 5.91 Å². The van der Waals surface area contributed by atoms with E-state index in [1.54, 1.807) is 0 Å². The van der Waals surface area contributed by atoms with E-state index in [4.69, 9.17) is 4.74 Å². The predicted octanol–water partition coefficient (Wildman–Crippen LogP) is 28.1. The van der Waals surface area contributed by atoms with Crippen LogP contribution in [0, 0.1) is 0 Å². The summed E-state index contributed by atoms with van der Waals surface area (Å²) in [6.45, 7) is 5.03. The molecule has 90 heavy (non-hydrogen) atoms. The van der Waals surface area contributed by atoms with E-state index in [-0.39, 0.29) is 18.5 Å². The van der Waals surface area contributed by atoms with Gasteiger partial charge in [-0.1, -0.05) is 463 Å². The Bertz CT molecular complexity index is 1320. The average molecular weight is 1270 g/mol. The van der Waals surface area contributed by atoms with Crippen molar-refractivity contribution in [3.05, 3.63) is 0 Å². The molecule has 2 unspecified atom stereocenters. The van der Waals surface area contributed by atoms with E-state index >= 15 is 0 Å². The summed E-state index contributed by atoms with van der Waals surface area (Å²) in [5.74, 6) is 0.00517. The molecule has 0 aromatic rings. The van der Waals surface area contributed by atoms with Crippen LogP contribution in [0.3, 0.4) is 0 Å². The van der Waals surface area contributed by atoms with Crippen LogP contribution >= 0.6 is 0 Å². The van der Waals surface area contributed by atoms with Gasteiger partial charge in [-0.2, -0.15) is 0 Å². The Balaban J connectivity index is 3.29. The van der Waals surface area contributed by atoms with Crippen molar-refractivity contribution in [1.82, 2.24) is 5.32 Å². The first-order chi connectivity index (χ1) is 44.5. The van der Waals surface area contributed by atoms with Crippen molar-refractivity contribution in [2.45, 2.75) is 514 Å². The Morgan fingerprint density at radius 2 is 0.456 bits per heavy atom. The normalized spacial score (nSPS) is 12.4. The van der Waals surface area contributed by atoms with Gasteiger partial charge in [-0.15, -0.1) is 0 Å². The molecule has 0 bridgehead atoms. The molecule has 0 aromatic carbocycles. The van der Waals surface area contributed by atoms with Gasteiger partial charge in [-0.05, 0) is 25.7 Å². The molecule has 2 atom stereocenters. The van der Waals surface area contributed by atoms with Gasteiger partial charge in [-0.25, -0.2) is 0 Å². The highest BCUT2D eigenvalue weighted by molar-refractivity contribution is 5.76. The minimum atomic E-state index is -0.661. The number of aliphatic hydroxyl groups is 2. The van der Waals surface area contributed by atoms with Gasteiger partial charge in [-0.3, -0.25) is 9.59 Å². The lowest BCUT2D eigenvalue weighted by molar-refractivity contribution is -0.143. The smallest absolute Gasteiger partial charge is 0.305 e. The molecule has 0 aliphatic rings. The van der Waals surface area contributed by atoms with Crippen LogP contribution in [0.5, 0.6) is 0 Å². The molecule has 0 aliphatic heterocycles. The number of unbranched alkanes of at least 4 members (excludes halogenated alkanes) is 70. The largest absolute Gasteiger partial charge is 0.466 e. The molecule has 0 heterocycles. The quantitative estimate of drug-likeness (QED) is 0.0417. The third-order valence-electron chi connectivity index (χ3n) is 20.4. The summed E-state index contributed by atoms with van der Waals surface area (Å²) in [5, 5.41) is 23.5. The van der Waals surface area contributed by atoms with Crippen molar-refractivity contribution in [3.8, 4) is 0 Å². The SMILES string of the molecule is CCCCCCCCCCCCCCCCCCCCCCC(O)C(CO)NC(=O)CCCCCCCCCCCCCCCCCCCCCCCCCCCCCCCCCCCCCOC(=O)CCCCCCCCCCCCCCCCCCCC. The molecule has 1 amide bonds. The van der Waals surface area contributed by atoms with Crippen LogP contribution in [-0.4, -0.2) is 47.4 Å². The van der Waals surface area contributed by atoms with E-state index in [2.05, 4.69) is 19.2 Å². The lowest BCUT2D eigenvalue weighted by Gasteiger charge is -2.22. The summed E-state index contributed by atoms with van der Waals surface area (Å²) in [6, 6.07) is -0.537. The maximum atomic E-state index is 12.6. The summed E-state index contributed by atoms with van der Waals surface area (Å²) in [6.07, 6.45) is 101. The van der Waals surface area contributed by atoms with Crippen LogP contribution in [-0.2, 0) is 14.3 Å². The molecule has 0 fully saturated rings. The number of nitrogens with one attached hydrogen (secondary N) is 1. The van der Waals surface area contributed by atoms with Crippen molar-refractivity contribution in [2.24, 2.45) is 0 Å². The molecule has 6 heteroatoms. The van der Waals surface area contributed by atoms with Crippen molar-refractivity contribution >= 4 is 11.9 Å². The highest BCUT2D eigenvalue weighted by Gasteiger charge is 2.20. The zero-order valence-corrected chi connectivity index (χ0v) is 61.9. The number of hydrogen-bond acceptors (Lipinski definition) is 5. The molecule has 0 radical (unpaired) electrons. The second kappa shape index (κ2) is 80.3. The van der Waals surface area contributed by atoms with E-state index in [0.717, 1.165) is 38.5 Å². The molecule has 0 spiro atoms. The number of aliphatic hydroxyl groups excluding tert-OH is 2. The molecule has 0 aromatic heterocycles. The van der Waals surface area contributed by atoms with Crippen LogP contribution in [0.2, 0.25) is 0 Å². The van der Waals surface area contributed by atoms with Crippen LogP contribution in [0.25, 0.3) is 0 Å². The van der Waals surface area contributed by atoms with E-state index < -0.39 is 12.1 Å². The Kier molecular flexibility index (Phi) is 79.3. The molecule has 0 aliphatic carbocycles. The minimum Gasteiger partial charge on any atom is -0.466 e. The summed E-state index contributed by atoms with van der Waals surface area (Å²) in [5.41, 5.74) is 0. The molecular weight excluding hydrogens is 1100 g/mol. The summed E-state index contributed by atoms with van der Waals surface area (Å²) >= 11 is 0. The van der Waals surface area contributed by atoms with Crippen molar-refractivity contribution in [2.75, 3.05) is 13.2 Å². The highest BCUT2D eigenvalue weighted by atomic mass is 16.5. The summed E-state index contributed by atoms with van der Waals surface area (Å²) < 4.78 is 5.52. The van der Waals surface area contributed by atoms with E-state index in [9.17, 15) is 19.8 Å². The first-order valence-corrected chi connectivity index (χ1v) is 42.3. The topological polar surface area (TPSA) is 95.9 Å². The van der Waals surface area contributed by atoms with Gasteiger partial charge < -0.3 is 20.3 Å². The fourth-order valence-electron chi connectivity index (χ4n) is 14.0. The van der Waals surface area contributed by atoms with Gasteiger partial charge in [0.25, 0.3) is 0 Å². The molecule has 0 rings (SSSR count). The van der Waals surface area contributed by atoms with Gasteiger partial charge in [0.05, 0.1) is 25.4 Å². The second-order valence-corrected chi connectivity index (χ2v) is 29.5. The number of ether oxygens (including phenoxy) is 1. The highest BCUT2D eigenvalue weighted by Crippen LogP contribution is 2.21. The molecule has 0 saturated carbocycles. The Hall–Kier alpha value is -1.14. The van der Waals surface area contributed by atoms with Crippen LogP contribution in [0.1, 0.15) is 502 Å². The lowest BCUT2D eigenvalue weighted by Crippen LogP contribution is -2.45. The number of amides is 1. The van der Waals surface area contributed by atoms with E-state index in [1.807, 2.05) is 0 Å². The predicted molar refractivity (Wildman–Crippen MR) is 398 cm³/mol. The van der Waals surface area contributed by atoms with E-state index in [1.165, 1.54) is 430 Å². The molecular formula is C84H167NO5. The van der Waals surface area contributed by atoms with Crippen molar-refractivity contribution < 1.29 is 24.5 Å². The van der Waals surface area contributed by atoms with Crippen LogP contribution in [0.4, 0.5) is 0 Å². The fourth-order valence-corrected chi connectivity index (χ4v) is 14.0. The van der Waals surface area contributed by atoms with Crippen molar-refractivity contribution in [1.29, 1.82) is 0 Å². The first kappa shape index (κ1) is 88.9. The van der Waals surface area contributed by atoms with Gasteiger partial charge >= 0.3 is 5.97 Å². The monoisotopic (exact) mass is 1270 g/mol. The number of hydrogen-bond donors (Lipinski definition) is 3. The molecule has 0 saturated heterocycles. The lowest BCUT2D eigenvalue weighted by atomic mass is 10.0.